The second-order valence-corrected chi connectivity index (χ2v) is 6.46. The van der Waals surface area contributed by atoms with Gasteiger partial charge in [-0.15, -0.1) is 0 Å². The van der Waals surface area contributed by atoms with Gasteiger partial charge in [0.15, 0.2) is 12.7 Å². The molecule has 1 aromatic carbocycles. The minimum atomic E-state index is -0.846. The highest BCUT2D eigenvalue weighted by Crippen LogP contribution is 2.19. The number of allylic oxidation sites excluding steroid dienone is 1. The summed E-state index contributed by atoms with van der Waals surface area (Å²) in [6.45, 7) is 1.86. The number of nitrogens with one attached hydrogen (secondary N) is 1. The van der Waals surface area contributed by atoms with Crippen molar-refractivity contribution in [3.63, 3.8) is 0 Å². The highest BCUT2D eigenvalue weighted by Gasteiger charge is 2.18. The first kappa shape index (κ1) is 19.3. The number of rotatable bonds is 8. The molecule has 1 aliphatic rings. The van der Waals surface area contributed by atoms with E-state index in [0.717, 1.165) is 19.3 Å². The van der Waals surface area contributed by atoms with Gasteiger partial charge < -0.3 is 14.8 Å². The Kier molecular flexibility index (Phi) is 7.79. The number of amides is 1. The van der Waals surface area contributed by atoms with Crippen molar-refractivity contribution in [3.05, 3.63) is 40.9 Å². The van der Waals surface area contributed by atoms with Crippen LogP contribution in [0.2, 0.25) is 5.02 Å². The second kappa shape index (κ2) is 10.1. The molecule has 0 radical (unpaired) electrons. The van der Waals surface area contributed by atoms with Crippen LogP contribution in [-0.4, -0.2) is 31.1 Å². The molecule has 1 amide bonds. The molecule has 0 spiro atoms. The van der Waals surface area contributed by atoms with Crippen molar-refractivity contribution in [2.45, 2.75) is 45.1 Å². The molecule has 1 atom stereocenters. The molecule has 2 rings (SSSR count). The predicted molar refractivity (Wildman–Crippen MR) is 96.7 cm³/mol. The first-order valence-electron chi connectivity index (χ1n) is 8.58. The Balaban J connectivity index is 1.64. The Morgan fingerprint density at radius 2 is 2.00 bits per heavy atom. The van der Waals surface area contributed by atoms with Crippen molar-refractivity contribution in [2.24, 2.45) is 0 Å². The van der Waals surface area contributed by atoms with Crippen LogP contribution in [-0.2, 0) is 14.3 Å². The van der Waals surface area contributed by atoms with E-state index in [4.69, 9.17) is 21.1 Å². The highest BCUT2D eigenvalue weighted by molar-refractivity contribution is 6.30. The van der Waals surface area contributed by atoms with Gasteiger partial charge in [-0.25, -0.2) is 4.79 Å². The van der Waals surface area contributed by atoms with E-state index in [9.17, 15) is 9.59 Å². The van der Waals surface area contributed by atoms with E-state index in [1.165, 1.54) is 18.4 Å². The first-order chi connectivity index (χ1) is 12.0. The fourth-order valence-electron chi connectivity index (χ4n) is 2.58. The molecule has 6 heteroatoms. The second-order valence-electron chi connectivity index (χ2n) is 6.02. The van der Waals surface area contributed by atoms with Crippen molar-refractivity contribution in [1.29, 1.82) is 0 Å². The summed E-state index contributed by atoms with van der Waals surface area (Å²) in [5.41, 5.74) is 1.40. The first-order valence-corrected chi connectivity index (χ1v) is 8.96. The van der Waals surface area contributed by atoms with Crippen LogP contribution in [0.1, 0.15) is 39.0 Å². The van der Waals surface area contributed by atoms with E-state index in [1.54, 1.807) is 31.2 Å². The monoisotopic (exact) mass is 365 g/mol. The van der Waals surface area contributed by atoms with Crippen molar-refractivity contribution in [1.82, 2.24) is 5.32 Å². The molecule has 0 fully saturated rings. The van der Waals surface area contributed by atoms with E-state index in [0.29, 0.717) is 17.3 Å². The number of carbonyl (C=O) groups is 2. The average Bonchev–Trinajstić information content (AvgIpc) is 2.62. The lowest BCUT2D eigenvalue weighted by Gasteiger charge is -2.15. The number of carbonyl (C=O) groups excluding carboxylic acids is 2. The molecule has 0 saturated carbocycles. The van der Waals surface area contributed by atoms with Crippen LogP contribution in [0.15, 0.2) is 35.9 Å². The molecule has 1 aromatic rings. The number of ether oxygens (including phenoxy) is 2. The topological polar surface area (TPSA) is 64.6 Å². The average molecular weight is 366 g/mol. The van der Waals surface area contributed by atoms with Crippen molar-refractivity contribution in [3.8, 4) is 5.75 Å². The number of halogens is 1. The maximum Gasteiger partial charge on any atom is 0.344 e. The largest absolute Gasteiger partial charge is 0.482 e. The summed E-state index contributed by atoms with van der Waals surface area (Å²) in [5.74, 6) is -0.372. The molecule has 1 aliphatic carbocycles. The van der Waals surface area contributed by atoms with E-state index >= 15 is 0 Å². The lowest BCUT2D eigenvalue weighted by Crippen LogP contribution is -2.37. The van der Waals surface area contributed by atoms with Crippen LogP contribution < -0.4 is 10.1 Å². The van der Waals surface area contributed by atoms with Crippen LogP contribution >= 0.6 is 11.6 Å². The summed E-state index contributed by atoms with van der Waals surface area (Å²) >= 11 is 5.77. The molecular weight excluding hydrogens is 342 g/mol. The van der Waals surface area contributed by atoms with Crippen molar-refractivity contribution < 1.29 is 19.1 Å². The molecule has 136 valence electrons. The van der Waals surface area contributed by atoms with Gasteiger partial charge in [0, 0.05) is 11.6 Å². The minimum absolute atomic E-state index is 0.258. The Morgan fingerprint density at radius 3 is 2.68 bits per heavy atom. The van der Waals surface area contributed by atoms with Gasteiger partial charge >= 0.3 is 5.97 Å². The highest BCUT2D eigenvalue weighted by atomic mass is 35.5. The lowest BCUT2D eigenvalue weighted by molar-refractivity contribution is -0.156. The third-order valence-electron chi connectivity index (χ3n) is 3.98. The third kappa shape index (κ3) is 7.18. The smallest absolute Gasteiger partial charge is 0.344 e. The molecule has 0 heterocycles. The third-order valence-corrected chi connectivity index (χ3v) is 4.23. The maximum atomic E-state index is 12.0. The standard InChI is InChI=1S/C19H24ClNO4/c1-14(19(23)21-12-11-15-5-3-2-4-6-15)25-18(22)13-24-17-9-7-16(20)8-10-17/h5,7-10,14H,2-4,6,11-13H2,1H3,(H,21,23)/t14-/m1/s1. The summed E-state index contributed by atoms with van der Waals surface area (Å²) in [6.07, 6.45) is 6.98. The fourth-order valence-corrected chi connectivity index (χ4v) is 2.71. The zero-order valence-electron chi connectivity index (χ0n) is 14.4. The normalized spacial score (nSPS) is 15.0. The minimum Gasteiger partial charge on any atom is -0.482 e. The van der Waals surface area contributed by atoms with Gasteiger partial charge in [0.05, 0.1) is 0 Å². The van der Waals surface area contributed by atoms with Gasteiger partial charge in [-0.1, -0.05) is 23.3 Å². The summed E-state index contributed by atoms with van der Waals surface area (Å²) < 4.78 is 10.4. The van der Waals surface area contributed by atoms with Gasteiger partial charge in [0.25, 0.3) is 5.91 Å². The summed E-state index contributed by atoms with van der Waals surface area (Å²) in [5, 5.41) is 3.39. The van der Waals surface area contributed by atoms with Gasteiger partial charge in [0.1, 0.15) is 5.75 Å². The molecule has 1 N–H and O–H groups in total. The zero-order valence-corrected chi connectivity index (χ0v) is 15.2. The number of benzene rings is 1. The molecule has 0 bridgehead atoms. The molecule has 0 saturated heterocycles. The Bertz CT molecular complexity index is 612. The Labute approximate surface area is 153 Å². The van der Waals surface area contributed by atoms with E-state index in [1.807, 2.05) is 0 Å². The zero-order chi connectivity index (χ0) is 18.1. The molecular formula is C19H24ClNO4. The number of hydrogen-bond donors (Lipinski definition) is 1. The molecule has 0 unspecified atom stereocenters. The van der Waals surface area contributed by atoms with Crippen LogP contribution in [0, 0.1) is 0 Å². The molecule has 25 heavy (non-hydrogen) atoms. The van der Waals surface area contributed by atoms with Crippen LogP contribution in [0.3, 0.4) is 0 Å². The fraction of sp³-hybridized carbons (Fsp3) is 0.474. The summed E-state index contributed by atoms with van der Waals surface area (Å²) in [7, 11) is 0. The Morgan fingerprint density at radius 1 is 1.24 bits per heavy atom. The maximum absolute atomic E-state index is 12.0. The van der Waals surface area contributed by atoms with Gasteiger partial charge in [-0.3, -0.25) is 4.79 Å². The summed E-state index contributed by atoms with van der Waals surface area (Å²) in [6, 6.07) is 6.65. The summed E-state index contributed by atoms with van der Waals surface area (Å²) in [4.78, 5) is 23.7. The van der Waals surface area contributed by atoms with Crippen LogP contribution in [0.4, 0.5) is 0 Å². The van der Waals surface area contributed by atoms with Gasteiger partial charge in [-0.2, -0.15) is 0 Å². The number of esters is 1. The van der Waals surface area contributed by atoms with Crippen LogP contribution in [0.25, 0.3) is 0 Å². The quantitative estimate of drug-likeness (QED) is 0.564. The molecule has 5 nitrogen and oxygen atoms in total. The van der Waals surface area contributed by atoms with Crippen molar-refractivity contribution in [2.75, 3.05) is 13.2 Å². The van der Waals surface area contributed by atoms with E-state index < -0.39 is 12.1 Å². The number of hydrogen-bond acceptors (Lipinski definition) is 4. The van der Waals surface area contributed by atoms with E-state index in [-0.39, 0.29) is 12.5 Å². The van der Waals surface area contributed by atoms with Gasteiger partial charge in [0.2, 0.25) is 0 Å². The van der Waals surface area contributed by atoms with Crippen molar-refractivity contribution >= 4 is 23.5 Å². The Hall–Kier alpha value is -2.01. The van der Waals surface area contributed by atoms with Gasteiger partial charge in [-0.05, 0) is 63.3 Å². The lowest BCUT2D eigenvalue weighted by atomic mass is 9.97. The molecule has 0 aromatic heterocycles. The van der Waals surface area contributed by atoms with E-state index in [2.05, 4.69) is 11.4 Å². The molecule has 0 aliphatic heterocycles. The SMILES string of the molecule is C[C@@H](OC(=O)COc1ccc(Cl)cc1)C(=O)NCCC1=CCCCC1. The predicted octanol–water partition coefficient (Wildman–Crippen LogP) is 3.66. The van der Waals surface area contributed by atoms with Crippen LogP contribution in [0.5, 0.6) is 5.75 Å².